The van der Waals surface area contributed by atoms with E-state index in [9.17, 15) is 4.79 Å². The van der Waals surface area contributed by atoms with Gasteiger partial charge >= 0.3 is 0 Å². The van der Waals surface area contributed by atoms with Gasteiger partial charge in [-0.25, -0.2) is 0 Å². The zero-order valence-electron chi connectivity index (χ0n) is 11.8. The van der Waals surface area contributed by atoms with Crippen molar-refractivity contribution in [2.24, 2.45) is 0 Å². The van der Waals surface area contributed by atoms with Gasteiger partial charge in [0.1, 0.15) is 0 Å². The zero-order valence-corrected chi connectivity index (χ0v) is 11.8. The van der Waals surface area contributed by atoms with Gasteiger partial charge in [-0.15, -0.1) is 0 Å². The van der Waals surface area contributed by atoms with Crippen molar-refractivity contribution in [2.45, 2.75) is 25.3 Å². The van der Waals surface area contributed by atoms with E-state index >= 15 is 0 Å². The molecule has 0 unspecified atom stereocenters. The lowest BCUT2D eigenvalue weighted by atomic mass is 10.1. The van der Waals surface area contributed by atoms with E-state index in [4.69, 9.17) is 0 Å². The molecule has 0 aliphatic carbocycles. The first-order valence-electron chi connectivity index (χ1n) is 7.78. The van der Waals surface area contributed by atoms with E-state index in [-0.39, 0.29) is 0 Å². The number of hydrogen-bond donors (Lipinski definition) is 1. The molecule has 3 aliphatic heterocycles. The fraction of sp³-hybridized carbons (Fsp3) is 0.929. The van der Waals surface area contributed by atoms with E-state index < -0.39 is 0 Å². The fourth-order valence-corrected chi connectivity index (χ4v) is 3.25. The molecule has 5 heteroatoms. The predicted molar refractivity (Wildman–Crippen MR) is 75.1 cm³/mol. The Balaban J connectivity index is 1.40. The van der Waals surface area contributed by atoms with Gasteiger partial charge in [0.15, 0.2) is 0 Å². The SMILES string of the molecule is O=C(CN1CCN(C2CNC2)CC1)N1CCCCC1. The van der Waals surface area contributed by atoms with Crippen molar-refractivity contribution in [1.29, 1.82) is 0 Å². The van der Waals surface area contributed by atoms with Crippen LogP contribution in [0.25, 0.3) is 0 Å². The third kappa shape index (κ3) is 3.27. The summed E-state index contributed by atoms with van der Waals surface area (Å²) in [4.78, 5) is 19.2. The zero-order chi connectivity index (χ0) is 13.1. The Labute approximate surface area is 115 Å². The number of nitrogens with zero attached hydrogens (tertiary/aromatic N) is 3. The lowest BCUT2D eigenvalue weighted by molar-refractivity contribution is -0.133. The summed E-state index contributed by atoms with van der Waals surface area (Å²) >= 11 is 0. The van der Waals surface area contributed by atoms with Crippen molar-refractivity contribution < 1.29 is 4.79 Å². The number of likely N-dealkylation sites (tertiary alicyclic amines) is 1. The van der Waals surface area contributed by atoms with Crippen molar-refractivity contribution in [3.05, 3.63) is 0 Å². The summed E-state index contributed by atoms with van der Waals surface area (Å²) in [6, 6.07) is 0.750. The highest BCUT2D eigenvalue weighted by Crippen LogP contribution is 2.12. The minimum Gasteiger partial charge on any atom is -0.342 e. The van der Waals surface area contributed by atoms with Crippen LogP contribution in [-0.2, 0) is 4.79 Å². The number of carbonyl (C=O) groups excluding carboxylic acids is 1. The average Bonchev–Trinajstić information content (AvgIpc) is 2.40. The summed E-state index contributed by atoms with van der Waals surface area (Å²) in [5.74, 6) is 0.346. The van der Waals surface area contributed by atoms with E-state index in [0.717, 1.165) is 58.4 Å². The molecule has 19 heavy (non-hydrogen) atoms. The summed E-state index contributed by atoms with van der Waals surface area (Å²) in [7, 11) is 0. The molecule has 0 bridgehead atoms. The summed E-state index contributed by atoms with van der Waals surface area (Å²) < 4.78 is 0. The quantitative estimate of drug-likeness (QED) is 0.754. The maximum Gasteiger partial charge on any atom is 0.236 e. The fourth-order valence-electron chi connectivity index (χ4n) is 3.25. The largest absolute Gasteiger partial charge is 0.342 e. The van der Waals surface area contributed by atoms with E-state index in [1.54, 1.807) is 0 Å². The van der Waals surface area contributed by atoms with E-state index in [0.29, 0.717) is 12.5 Å². The van der Waals surface area contributed by atoms with Gasteiger partial charge in [0.05, 0.1) is 6.54 Å². The highest BCUT2D eigenvalue weighted by Gasteiger charge is 2.28. The molecular formula is C14H26N4O. The van der Waals surface area contributed by atoms with Gasteiger partial charge < -0.3 is 10.2 Å². The van der Waals surface area contributed by atoms with Crippen LogP contribution in [0.15, 0.2) is 0 Å². The number of piperidine rings is 1. The number of carbonyl (C=O) groups is 1. The van der Waals surface area contributed by atoms with Crippen molar-refractivity contribution in [2.75, 3.05) is 58.9 Å². The van der Waals surface area contributed by atoms with E-state index in [2.05, 4.69) is 20.0 Å². The number of amides is 1. The monoisotopic (exact) mass is 266 g/mol. The highest BCUT2D eigenvalue weighted by molar-refractivity contribution is 5.78. The number of piperazine rings is 1. The normalized spacial score (nSPS) is 27.3. The lowest BCUT2D eigenvalue weighted by Crippen LogP contribution is -2.62. The Morgan fingerprint density at radius 3 is 2.21 bits per heavy atom. The van der Waals surface area contributed by atoms with Crippen LogP contribution in [0.2, 0.25) is 0 Å². The Morgan fingerprint density at radius 1 is 0.947 bits per heavy atom. The van der Waals surface area contributed by atoms with Crippen LogP contribution >= 0.6 is 0 Å². The minimum atomic E-state index is 0.346. The molecule has 1 amide bonds. The first-order chi connectivity index (χ1) is 9.33. The molecule has 3 fully saturated rings. The van der Waals surface area contributed by atoms with Crippen LogP contribution in [0.1, 0.15) is 19.3 Å². The summed E-state index contributed by atoms with van der Waals surface area (Å²) in [5, 5.41) is 3.33. The molecular weight excluding hydrogens is 240 g/mol. The maximum atomic E-state index is 12.2. The Kier molecular flexibility index (Phi) is 4.35. The maximum absolute atomic E-state index is 12.2. The molecule has 0 aromatic carbocycles. The van der Waals surface area contributed by atoms with E-state index in [1.807, 2.05) is 0 Å². The standard InChI is InChI=1S/C14H26N4O/c19-14(18-4-2-1-3-5-18)12-16-6-8-17(9-7-16)13-10-15-11-13/h13,15H,1-12H2. The van der Waals surface area contributed by atoms with Gasteiger partial charge in [-0.1, -0.05) is 0 Å². The van der Waals surface area contributed by atoms with Crippen LogP contribution in [0.3, 0.4) is 0 Å². The highest BCUT2D eigenvalue weighted by atomic mass is 16.2. The van der Waals surface area contributed by atoms with Crippen molar-refractivity contribution in [1.82, 2.24) is 20.0 Å². The molecule has 0 aromatic heterocycles. The number of rotatable bonds is 3. The van der Waals surface area contributed by atoms with Crippen LogP contribution < -0.4 is 5.32 Å². The average molecular weight is 266 g/mol. The van der Waals surface area contributed by atoms with Crippen LogP contribution in [0.5, 0.6) is 0 Å². The van der Waals surface area contributed by atoms with Crippen molar-refractivity contribution in [3.8, 4) is 0 Å². The molecule has 0 aromatic rings. The number of hydrogen-bond acceptors (Lipinski definition) is 4. The summed E-state index contributed by atoms with van der Waals surface area (Å²) in [6.45, 7) is 9.24. The molecule has 3 rings (SSSR count). The Morgan fingerprint density at radius 2 is 1.63 bits per heavy atom. The molecule has 0 atom stereocenters. The second kappa shape index (κ2) is 6.20. The van der Waals surface area contributed by atoms with Crippen LogP contribution in [0.4, 0.5) is 0 Å². The van der Waals surface area contributed by atoms with Gasteiger partial charge in [-0.3, -0.25) is 14.6 Å². The summed E-state index contributed by atoms with van der Waals surface area (Å²) in [6.07, 6.45) is 3.67. The predicted octanol–water partition coefficient (Wildman–Crippen LogP) is -0.412. The first kappa shape index (κ1) is 13.3. The molecule has 5 nitrogen and oxygen atoms in total. The molecule has 3 saturated heterocycles. The molecule has 0 radical (unpaired) electrons. The molecule has 1 N–H and O–H groups in total. The second-order valence-electron chi connectivity index (χ2n) is 6.07. The van der Waals surface area contributed by atoms with Crippen LogP contribution in [-0.4, -0.2) is 85.6 Å². The Hall–Kier alpha value is -0.650. The third-order valence-electron chi connectivity index (χ3n) is 4.75. The van der Waals surface area contributed by atoms with Gasteiger partial charge in [-0.05, 0) is 19.3 Å². The lowest BCUT2D eigenvalue weighted by Gasteiger charge is -2.43. The molecule has 0 saturated carbocycles. The molecule has 0 spiro atoms. The Bertz CT molecular complexity index is 305. The van der Waals surface area contributed by atoms with Gasteiger partial charge in [0, 0.05) is 58.4 Å². The molecule has 108 valence electrons. The molecule has 3 aliphatic rings. The van der Waals surface area contributed by atoms with E-state index in [1.165, 1.54) is 19.3 Å². The van der Waals surface area contributed by atoms with Crippen LogP contribution in [0, 0.1) is 0 Å². The van der Waals surface area contributed by atoms with Crippen molar-refractivity contribution in [3.63, 3.8) is 0 Å². The van der Waals surface area contributed by atoms with Crippen molar-refractivity contribution >= 4 is 5.91 Å². The topological polar surface area (TPSA) is 38.8 Å². The first-order valence-corrected chi connectivity index (χ1v) is 7.78. The summed E-state index contributed by atoms with van der Waals surface area (Å²) in [5.41, 5.74) is 0. The van der Waals surface area contributed by atoms with Gasteiger partial charge in [0.25, 0.3) is 0 Å². The number of nitrogens with one attached hydrogen (secondary N) is 1. The second-order valence-corrected chi connectivity index (χ2v) is 6.07. The molecule has 3 heterocycles. The smallest absolute Gasteiger partial charge is 0.236 e. The van der Waals surface area contributed by atoms with Gasteiger partial charge in [0.2, 0.25) is 5.91 Å². The third-order valence-corrected chi connectivity index (χ3v) is 4.75. The van der Waals surface area contributed by atoms with Gasteiger partial charge in [-0.2, -0.15) is 0 Å². The minimum absolute atomic E-state index is 0.346.